The predicted molar refractivity (Wildman–Crippen MR) is 68.7 cm³/mol. The Morgan fingerprint density at radius 1 is 1.24 bits per heavy atom. The van der Waals surface area contributed by atoms with Crippen LogP contribution >= 0.6 is 0 Å². The molecule has 0 unspecified atom stereocenters. The fourth-order valence-electron chi connectivity index (χ4n) is 1.56. The second-order valence-corrected chi connectivity index (χ2v) is 5.04. The molecule has 0 aliphatic heterocycles. The van der Waals surface area contributed by atoms with Crippen molar-refractivity contribution < 1.29 is 14.3 Å². The molecule has 0 heterocycles. The van der Waals surface area contributed by atoms with Crippen molar-refractivity contribution >= 4 is 5.97 Å². The highest BCUT2D eigenvalue weighted by molar-refractivity contribution is 5.77. The summed E-state index contributed by atoms with van der Waals surface area (Å²) in [4.78, 5) is 12.0. The topological polar surface area (TPSA) is 61.6 Å². The molecule has 0 atom stereocenters. The molecule has 0 aliphatic carbocycles. The number of esters is 1. The van der Waals surface area contributed by atoms with E-state index < -0.39 is 5.41 Å². The molecule has 0 rings (SSSR count). The SMILES string of the molecule is CCC(CC)(CN)C(=O)OCCC(C)(C)OC. The van der Waals surface area contributed by atoms with Gasteiger partial charge in [0.2, 0.25) is 0 Å². The van der Waals surface area contributed by atoms with Crippen LogP contribution in [0.4, 0.5) is 0 Å². The van der Waals surface area contributed by atoms with Gasteiger partial charge in [-0.2, -0.15) is 0 Å². The lowest BCUT2D eigenvalue weighted by atomic mass is 9.82. The summed E-state index contributed by atoms with van der Waals surface area (Å²) in [5, 5.41) is 0. The first kappa shape index (κ1) is 16.4. The van der Waals surface area contributed by atoms with E-state index in [9.17, 15) is 4.79 Å². The first-order valence-electron chi connectivity index (χ1n) is 6.30. The molecule has 0 radical (unpaired) electrons. The highest BCUT2D eigenvalue weighted by Crippen LogP contribution is 2.27. The van der Waals surface area contributed by atoms with Crippen molar-refractivity contribution in [3.05, 3.63) is 0 Å². The smallest absolute Gasteiger partial charge is 0.313 e. The normalized spacial score (nSPS) is 12.6. The Bertz CT molecular complexity index is 227. The van der Waals surface area contributed by atoms with Crippen LogP contribution in [0.25, 0.3) is 0 Å². The number of hydrogen-bond donors (Lipinski definition) is 1. The lowest BCUT2D eigenvalue weighted by Gasteiger charge is -2.28. The van der Waals surface area contributed by atoms with Crippen molar-refractivity contribution in [3.63, 3.8) is 0 Å². The van der Waals surface area contributed by atoms with Crippen LogP contribution in [0.3, 0.4) is 0 Å². The lowest BCUT2D eigenvalue weighted by Crippen LogP contribution is -2.39. The average Bonchev–Trinajstić information content (AvgIpc) is 2.32. The number of carbonyl (C=O) groups is 1. The van der Waals surface area contributed by atoms with Crippen LogP contribution in [-0.4, -0.2) is 31.8 Å². The molecule has 0 aromatic rings. The maximum atomic E-state index is 12.0. The van der Waals surface area contributed by atoms with E-state index in [-0.39, 0.29) is 11.6 Å². The molecular formula is C13H27NO3. The van der Waals surface area contributed by atoms with Gasteiger partial charge in [0, 0.05) is 20.1 Å². The largest absolute Gasteiger partial charge is 0.465 e. The molecule has 0 bridgehead atoms. The number of hydrogen-bond acceptors (Lipinski definition) is 4. The molecule has 17 heavy (non-hydrogen) atoms. The van der Waals surface area contributed by atoms with E-state index in [0.717, 1.165) is 0 Å². The van der Waals surface area contributed by atoms with Gasteiger partial charge in [0.25, 0.3) is 0 Å². The lowest BCUT2D eigenvalue weighted by molar-refractivity contribution is -0.157. The second kappa shape index (κ2) is 6.97. The van der Waals surface area contributed by atoms with E-state index in [1.165, 1.54) is 0 Å². The molecule has 2 N–H and O–H groups in total. The van der Waals surface area contributed by atoms with Crippen molar-refractivity contribution in [2.45, 2.75) is 52.6 Å². The van der Waals surface area contributed by atoms with Crippen LogP contribution < -0.4 is 5.73 Å². The number of ether oxygens (including phenoxy) is 2. The van der Waals surface area contributed by atoms with Crippen molar-refractivity contribution in [2.75, 3.05) is 20.3 Å². The predicted octanol–water partition coefficient (Wildman–Crippen LogP) is 2.11. The van der Waals surface area contributed by atoms with E-state index in [0.29, 0.717) is 32.4 Å². The summed E-state index contributed by atoms with van der Waals surface area (Å²) >= 11 is 0. The molecule has 0 aromatic carbocycles. The molecule has 0 fully saturated rings. The van der Waals surface area contributed by atoms with E-state index in [1.54, 1.807) is 7.11 Å². The van der Waals surface area contributed by atoms with Crippen LogP contribution in [0.2, 0.25) is 0 Å². The van der Waals surface area contributed by atoms with Crippen LogP contribution in [0.1, 0.15) is 47.0 Å². The van der Waals surface area contributed by atoms with E-state index in [4.69, 9.17) is 15.2 Å². The molecule has 102 valence electrons. The standard InChI is InChI=1S/C13H27NO3/c1-6-13(7-2,10-14)11(15)17-9-8-12(3,4)16-5/h6-10,14H2,1-5H3. The highest BCUT2D eigenvalue weighted by atomic mass is 16.5. The van der Waals surface area contributed by atoms with Gasteiger partial charge in [0.05, 0.1) is 17.6 Å². The van der Waals surface area contributed by atoms with Crippen molar-refractivity contribution in [3.8, 4) is 0 Å². The molecule has 0 amide bonds. The Kier molecular flexibility index (Phi) is 6.72. The van der Waals surface area contributed by atoms with Gasteiger partial charge in [-0.05, 0) is 26.7 Å². The van der Waals surface area contributed by atoms with Crippen molar-refractivity contribution in [1.82, 2.24) is 0 Å². The minimum absolute atomic E-state index is 0.183. The van der Waals surface area contributed by atoms with E-state index >= 15 is 0 Å². The number of nitrogens with two attached hydrogens (primary N) is 1. The number of methoxy groups -OCH3 is 1. The van der Waals surface area contributed by atoms with Crippen LogP contribution in [-0.2, 0) is 14.3 Å². The van der Waals surface area contributed by atoms with Gasteiger partial charge in [-0.15, -0.1) is 0 Å². The van der Waals surface area contributed by atoms with Gasteiger partial charge in [0.1, 0.15) is 0 Å². The third-order valence-electron chi connectivity index (χ3n) is 3.67. The Labute approximate surface area is 105 Å². The minimum atomic E-state index is -0.517. The Hall–Kier alpha value is -0.610. The molecule has 0 aliphatic rings. The average molecular weight is 245 g/mol. The fraction of sp³-hybridized carbons (Fsp3) is 0.923. The minimum Gasteiger partial charge on any atom is -0.465 e. The highest BCUT2D eigenvalue weighted by Gasteiger charge is 2.35. The summed E-state index contributed by atoms with van der Waals surface area (Å²) < 4.78 is 10.6. The first-order chi connectivity index (χ1) is 7.87. The van der Waals surface area contributed by atoms with Gasteiger partial charge in [-0.25, -0.2) is 0 Å². The van der Waals surface area contributed by atoms with Crippen molar-refractivity contribution in [2.24, 2.45) is 11.1 Å². The Morgan fingerprint density at radius 3 is 2.12 bits per heavy atom. The third-order valence-corrected chi connectivity index (χ3v) is 3.67. The Morgan fingerprint density at radius 2 is 1.76 bits per heavy atom. The Balaban J connectivity index is 4.26. The van der Waals surface area contributed by atoms with Crippen LogP contribution in [0, 0.1) is 5.41 Å². The summed E-state index contributed by atoms with van der Waals surface area (Å²) in [6.45, 7) is 8.59. The van der Waals surface area contributed by atoms with Gasteiger partial charge in [0.15, 0.2) is 0 Å². The molecule has 0 spiro atoms. The molecule has 0 aromatic heterocycles. The molecule has 0 saturated heterocycles. The van der Waals surface area contributed by atoms with E-state index in [1.807, 2.05) is 27.7 Å². The summed E-state index contributed by atoms with van der Waals surface area (Å²) in [6, 6.07) is 0. The maximum absolute atomic E-state index is 12.0. The van der Waals surface area contributed by atoms with Gasteiger partial charge in [-0.1, -0.05) is 13.8 Å². The summed E-state index contributed by atoms with van der Waals surface area (Å²) in [5.74, 6) is -0.183. The monoisotopic (exact) mass is 245 g/mol. The third kappa shape index (κ3) is 4.64. The summed E-state index contributed by atoms with van der Waals surface area (Å²) in [5.41, 5.74) is 4.91. The zero-order valence-electron chi connectivity index (χ0n) is 11.8. The van der Waals surface area contributed by atoms with Gasteiger partial charge >= 0.3 is 5.97 Å². The van der Waals surface area contributed by atoms with Gasteiger partial charge < -0.3 is 15.2 Å². The van der Waals surface area contributed by atoms with Crippen LogP contribution in [0.5, 0.6) is 0 Å². The molecule has 4 heteroatoms. The van der Waals surface area contributed by atoms with Crippen molar-refractivity contribution in [1.29, 1.82) is 0 Å². The maximum Gasteiger partial charge on any atom is 0.313 e. The number of carbonyl (C=O) groups excluding carboxylic acids is 1. The zero-order chi connectivity index (χ0) is 13.5. The summed E-state index contributed by atoms with van der Waals surface area (Å²) in [7, 11) is 1.66. The van der Waals surface area contributed by atoms with E-state index in [2.05, 4.69) is 0 Å². The molecule has 4 nitrogen and oxygen atoms in total. The fourth-order valence-corrected chi connectivity index (χ4v) is 1.56. The quantitative estimate of drug-likeness (QED) is 0.665. The summed E-state index contributed by atoms with van der Waals surface area (Å²) in [6.07, 6.45) is 2.11. The van der Waals surface area contributed by atoms with Crippen LogP contribution in [0.15, 0.2) is 0 Å². The second-order valence-electron chi connectivity index (χ2n) is 5.04. The van der Waals surface area contributed by atoms with Gasteiger partial charge in [-0.3, -0.25) is 4.79 Å². The zero-order valence-corrected chi connectivity index (χ0v) is 11.8. The number of rotatable bonds is 8. The molecular weight excluding hydrogens is 218 g/mol. The first-order valence-corrected chi connectivity index (χ1v) is 6.30. The molecule has 0 saturated carbocycles.